The van der Waals surface area contributed by atoms with Gasteiger partial charge in [-0.3, -0.25) is 0 Å². The molecule has 3 heteroatoms. The van der Waals surface area contributed by atoms with Crippen molar-refractivity contribution >= 4 is 0 Å². The smallest absolute Gasteiger partial charge is 0.125 e. The maximum Gasteiger partial charge on any atom is 0.125 e. The van der Waals surface area contributed by atoms with E-state index in [2.05, 4.69) is 31.3 Å². The topological polar surface area (TPSA) is 34.4 Å². The number of nitrogens with one attached hydrogen (secondary N) is 1. The molecule has 2 aromatic rings. The van der Waals surface area contributed by atoms with E-state index in [4.69, 9.17) is 9.15 Å². The highest BCUT2D eigenvalue weighted by Gasteiger charge is 2.12. The molecule has 1 heterocycles. The van der Waals surface area contributed by atoms with E-state index in [1.165, 1.54) is 11.1 Å². The van der Waals surface area contributed by atoms with Gasteiger partial charge in [0.25, 0.3) is 0 Å². The van der Waals surface area contributed by atoms with Crippen LogP contribution in [0.25, 0.3) is 11.1 Å². The van der Waals surface area contributed by atoms with Crippen LogP contribution in [0.5, 0.6) is 5.75 Å². The third-order valence-electron chi connectivity index (χ3n) is 3.11. The van der Waals surface area contributed by atoms with Crippen LogP contribution in [0.2, 0.25) is 0 Å². The number of hydrogen-bond donors (Lipinski definition) is 1. The molecule has 0 unspecified atom stereocenters. The van der Waals surface area contributed by atoms with Crippen molar-refractivity contribution in [3.8, 4) is 16.9 Å². The SMILES string of the molecule is CNCc1occc1-c1cc(C)c(OC)cc1C. The second kappa shape index (κ2) is 5.27. The minimum Gasteiger partial charge on any atom is -0.496 e. The van der Waals surface area contributed by atoms with E-state index >= 15 is 0 Å². The molecule has 96 valence electrons. The van der Waals surface area contributed by atoms with Crippen molar-refractivity contribution in [1.82, 2.24) is 5.32 Å². The lowest BCUT2D eigenvalue weighted by atomic mass is 9.98. The summed E-state index contributed by atoms with van der Waals surface area (Å²) in [6, 6.07) is 6.24. The molecule has 0 amide bonds. The van der Waals surface area contributed by atoms with Crippen LogP contribution in [0.4, 0.5) is 0 Å². The van der Waals surface area contributed by atoms with Crippen molar-refractivity contribution in [3.05, 3.63) is 41.3 Å². The summed E-state index contributed by atoms with van der Waals surface area (Å²) in [5.41, 5.74) is 4.67. The molecule has 0 spiro atoms. The molecule has 0 atom stereocenters. The van der Waals surface area contributed by atoms with Crippen molar-refractivity contribution in [2.24, 2.45) is 0 Å². The molecular formula is C15H19NO2. The fourth-order valence-corrected chi connectivity index (χ4v) is 2.18. The van der Waals surface area contributed by atoms with Crippen molar-refractivity contribution in [3.63, 3.8) is 0 Å². The lowest BCUT2D eigenvalue weighted by Crippen LogP contribution is -2.05. The van der Waals surface area contributed by atoms with E-state index in [0.29, 0.717) is 0 Å². The molecular weight excluding hydrogens is 226 g/mol. The first kappa shape index (κ1) is 12.7. The second-order valence-electron chi connectivity index (χ2n) is 4.42. The number of rotatable bonds is 4. The largest absolute Gasteiger partial charge is 0.496 e. The van der Waals surface area contributed by atoms with Crippen LogP contribution in [0.3, 0.4) is 0 Å². The van der Waals surface area contributed by atoms with E-state index in [-0.39, 0.29) is 0 Å². The maximum absolute atomic E-state index is 5.52. The molecule has 3 nitrogen and oxygen atoms in total. The van der Waals surface area contributed by atoms with Crippen LogP contribution < -0.4 is 10.1 Å². The fourth-order valence-electron chi connectivity index (χ4n) is 2.18. The second-order valence-corrected chi connectivity index (χ2v) is 4.42. The van der Waals surface area contributed by atoms with Gasteiger partial charge in [0.1, 0.15) is 11.5 Å². The molecule has 0 saturated heterocycles. The Morgan fingerprint density at radius 2 is 1.94 bits per heavy atom. The Bertz CT molecular complexity index is 543. The number of methoxy groups -OCH3 is 1. The van der Waals surface area contributed by atoms with Crippen molar-refractivity contribution in [2.45, 2.75) is 20.4 Å². The monoisotopic (exact) mass is 245 g/mol. The highest BCUT2D eigenvalue weighted by molar-refractivity contribution is 5.71. The van der Waals surface area contributed by atoms with Crippen LogP contribution in [0, 0.1) is 13.8 Å². The molecule has 1 N–H and O–H groups in total. The van der Waals surface area contributed by atoms with Gasteiger partial charge in [0, 0.05) is 5.56 Å². The first-order chi connectivity index (χ1) is 8.67. The maximum atomic E-state index is 5.52. The number of hydrogen-bond acceptors (Lipinski definition) is 3. The summed E-state index contributed by atoms with van der Waals surface area (Å²) >= 11 is 0. The van der Waals surface area contributed by atoms with E-state index < -0.39 is 0 Å². The molecule has 18 heavy (non-hydrogen) atoms. The molecule has 0 saturated carbocycles. The molecule has 0 aliphatic carbocycles. The zero-order valence-electron chi connectivity index (χ0n) is 11.3. The Labute approximate surface area is 108 Å². The molecule has 0 bridgehead atoms. The Morgan fingerprint density at radius 1 is 1.17 bits per heavy atom. The number of aryl methyl sites for hydroxylation is 2. The summed E-state index contributed by atoms with van der Waals surface area (Å²) in [5.74, 6) is 1.89. The third kappa shape index (κ3) is 2.27. The van der Waals surface area contributed by atoms with Gasteiger partial charge in [-0.1, -0.05) is 0 Å². The van der Waals surface area contributed by atoms with Gasteiger partial charge in [-0.25, -0.2) is 0 Å². The normalized spacial score (nSPS) is 10.7. The first-order valence-corrected chi connectivity index (χ1v) is 6.04. The van der Waals surface area contributed by atoms with Crippen LogP contribution in [-0.2, 0) is 6.54 Å². The van der Waals surface area contributed by atoms with E-state index in [9.17, 15) is 0 Å². The quantitative estimate of drug-likeness (QED) is 0.897. The van der Waals surface area contributed by atoms with E-state index in [1.807, 2.05) is 13.1 Å². The highest BCUT2D eigenvalue weighted by Crippen LogP contribution is 2.32. The van der Waals surface area contributed by atoms with Crippen LogP contribution in [0.15, 0.2) is 28.9 Å². The van der Waals surface area contributed by atoms with Gasteiger partial charge in [0.15, 0.2) is 0 Å². The average molecular weight is 245 g/mol. The van der Waals surface area contributed by atoms with Crippen molar-refractivity contribution < 1.29 is 9.15 Å². The molecule has 0 radical (unpaired) electrons. The molecule has 1 aromatic heterocycles. The van der Waals surface area contributed by atoms with E-state index in [0.717, 1.165) is 29.2 Å². The summed E-state index contributed by atoms with van der Waals surface area (Å²) in [6.45, 7) is 4.87. The molecule has 0 aliphatic rings. The summed E-state index contributed by atoms with van der Waals surface area (Å²) in [5, 5.41) is 3.12. The molecule has 1 aromatic carbocycles. The Hall–Kier alpha value is -1.74. The minimum atomic E-state index is 0.729. The number of ether oxygens (including phenoxy) is 1. The number of benzene rings is 1. The van der Waals surface area contributed by atoms with Crippen molar-refractivity contribution in [1.29, 1.82) is 0 Å². The summed E-state index contributed by atoms with van der Waals surface area (Å²) in [4.78, 5) is 0. The minimum absolute atomic E-state index is 0.729. The Balaban J connectivity index is 2.50. The predicted octanol–water partition coefficient (Wildman–Crippen LogP) is 3.29. The van der Waals surface area contributed by atoms with Gasteiger partial charge in [0.05, 0.1) is 19.9 Å². The highest BCUT2D eigenvalue weighted by atomic mass is 16.5. The van der Waals surface area contributed by atoms with Gasteiger partial charge in [-0.2, -0.15) is 0 Å². The van der Waals surface area contributed by atoms with Gasteiger partial charge in [-0.15, -0.1) is 0 Å². The molecule has 2 rings (SSSR count). The Morgan fingerprint density at radius 3 is 2.61 bits per heavy atom. The zero-order chi connectivity index (χ0) is 13.1. The summed E-state index contributed by atoms with van der Waals surface area (Å²) in [6.07, 6.45) is 1.74. The third-order valence-corrected chi connectivity index (χ3v) is 3.11. The first-order valence-electron chi connectivity index (χ1n) is 6.04. The Kier molecular flexibility index (Phi) is 3.72. The standard InChI is InChI=1S/C15H19NO2/c1-10-8-14(17-4)11(2)7-13(10)12-5-6-18-15(12)9-16-3/h5-8,16H,9H2,1-4H3. The molecule has 0 aliphatic heterocycles. The van der Waals surface area contributed by atoms with Crippen LogP contribution in [-0.4, -0.2) is 14.2 Å². The van der Waals surface area contributed by atoms with Gasteiger partial charge in [0.2, 0.25) is 0 Å². The van der Waals surface area contributed by atoms with Gasteiger partial charge >= 0.3 is 0 Å². The molecule has 0 fully saturated rings. The fraction of sp³-hybridized carbons (Fsp3) is 0.333. The summed E-state index contributed by atoms with van der Waals surface area (Å²) in [7, 11) is 3.62. The van der Waals surface area contributed by atoms with E-state index in [1.54, 1.807) is 13.4 Å². The predicted molar refractivity (Wildman–Crippen MR) is 72.9 cm³/mol. The average Bonchev–Trinajstić information content (AvgIpc) is 2.80. The van der Waals surface area contributed by atoms with Gasteiger partial charge in [-0.05, 0) is 55.8 Å². The lowest BCUT2D eigenvalue weighted by molar-refractivity contribution is 0.411. The van der Waals surface area contributed by atoms with Gasteiger partial charge < -0.3 is 14.5 Å². The number of furan rings is 1. The van der Waals surface area contributed by atoms with Crippen LogP contribution >= 0.6 is 0 Å². The van der Waals surface area contributed by atoms with Crippen molar-refractivity contribution in [2.75, 3.05) is 14.2 Å². The summed E-state index contributed by atoms with van der Waals surface area (Å²) < 4.78 is 10.9. The lowest BCUT2D eigenvalue weighted by Gasteiger charge is -2.11. The zero-order valence-corrected chi connectivity index (χ0v) is 11.3. The van der Waals surface area contributed by atoms with Crippen LogP contribution in [0.1, 0.15) is 16.9 Å².